The van der Waals surface area contributed by atoms with Crippen molar-refractivity contribution in [1.82, 2.24) is 15.5 Å². The number of ether oxygens (including phenoxy) is 2. The molecule has 2 N–H and O–H groups in total. The van der Waals surface area contributed by atoms with Gasteiger partial charge in [-0.15, -0.1) is 24.0 Å². The molecule has 3 unspecified atom stereocenters. The molecule has 1 saturated carbocycles. The summed E-state index contributed by atoms with van der Waals surface area (Å²) in [5.41, 5.74) is 0. The predicted octanol–water partition coefficient (Wildman–Crippen LogP) is 2.87. The largest absolute Gasteiger partial charge is 0.493 e. The summed E-state index contributed by atoms with van der Waals surface area (Å²) in [5, 5.41) is 6.95. The van der Waals surface area contributed by atoms with E-state index in [1.807, 2.05) is 38.2 Å². The molecule has 1 aliphatic carbocycles. The summed E-state index contributed by atoms with van der Waals surface area (Å²) in [7, 11) is 3.47. The minimum absolute atomic E-state index is 0. The second-order valence-electron chi connectivity index (χ2n) is 7.39. The van der Waals surface area contributed by atoms with Gasteiger partial charge in [0.2, 0.25) is 0 Å². The Morgan fingerprint density at radius 1 is 1.30 bits per heavy atom. The summed E-state index contributed by atoms with van der Waals surface area (Å²) in [4.78, 5) is 7.01. The van der Waals surface area contributed by atoms with E-state index in [9.17, 15) is 0 Å². The summed E-state index contributed by atoms with van der Waals surface area (Å²) in [6.45, 7) is 6.16. The lowest BCUT2D eigenvalue weighted by atomic mass is 10.2. The molecule has 152 valence electrons. The number of para-hydroxylation sites is 2. The topological polar surface area (TPSA) is 58.1 Å². The normalized spacial score (nSPS) is 24.1. The van der Waals surface area contributed by atoms with Crippen LogP contribution in [0.5, 0.6) is 11.5 Å². The zero-order valence-electron chi connectivity index (χ0n) is 16.8. The Balaban J connectivity index is 0.00000261. The lowest BCUT2D eigenvalue weighted by Crippen LogP contribution is -2.47. The minimum Gasteiger partial charge on any atom is -0.493 e. The maximum absolute atomic E-state index is 6.00. The highest BCUT2D eigenvalue weighted by Gasteiger charge is 2.38. The molecule has 27 heavy (non-hydrogen) atoms. The van der Waals surface area contributed by atoms with Crippen LogP contribution in [0, 0.1) is 0 Å². The second-order valence-corrected chi connectivity index (χ2v) is 7.39. The van der Waals surface area contributed by atoms with Crippen LogP contribution in [0.3, 0.4) is 0 Å². The molecule has 1 heterocycles. The van der Waals surface area contributed by atoms with Crippen LogP contribution in [-0.4, -0.2) is 62.3 Å². The Morgan fingerprint density at radius 3 is 2.63 bits per heavy atom. The van der Waals surface area contributed by atoms with Gasteiger partial charge in [0, 0.05) is 31.7 Å². The number of aliphatic imine (C=N–C) groups is 1. The number of nitrogens with zero attached hydrogens (tertiary/aromatic N) is 2. The van der Waals surface area contributed by atoms with E-state index < -0.39 is 0 Å². The third-order valence-corrected chi connectivity index (χ3v) is 5.16. The maximum Gasteiger partial charge on any atom is 0.191 e. The maximum atomic E-state index is 6.00. The first-order chi connectivity index (χ1) is 12.6. The van der Waals surface area contributed by atoms with Gasteiger partial charge in [0.25, 0.3) is 0 Å². The molecule has 1 aromatic rings. The SMILES string of the molecule is CN=C(NCC(C)Oc1ccccc1OC)NC1CC(C)N(C2CC2)C1.I. The zero-order chi connectivity index (χ0) is 18.5. The van der Waals surface area contributed by atoms with Gasteiger partial charge < -0.3 is 20.1 Å². The Kier molecular flexibility index (Phi) is 8.47. The van der Waals surface area contributed by atoms with E-state index in [0.717, 1.165) is 30.0 Å². The van der Waals surface area contributed by atoms with E-state index in [-0.39, 0.29) is 30.1 Å². The van der Waals surface area contributed by atoms with Crippen molar-refractivity contribution in [3.8, 4) is 11.5 Å². The third kappa shape index (κ3) is 6.14. The molecule has 0 bridgehead atoms. The average Bonchev–Trinajstić information content (AvgIpc) is 3.42. The summed E-state index contributed by atoms with van der Waals surface area (Å²) in [6, 6.07) is 9.66. The first-order valence-electron chi connectivity index (χ1n) is 9.63. The number of hydrogen-bond acceptors (Lipinski definition) is 4. The average molecular weight is 488 g/mol. The van der Waals surface area contributed by atoms with Gasteiger partial charge in [-0.3, -0.25) is 9.89 Å². The Hall–Kier alpha value is -1.22. The van der Waals surface area contributed by atoms with Crippen LogP contribution in [0.2, 0.25) is 0 Å². The quantitative estimate of drug-likeness (QED) is 0.351. The van der Waals surface area contributed by atoms with Crippen molar-refractivity contribution >= 4 is 29.9 Å². The fourth-order valence-corrected chi connectivity index (χ4v) is 3.68. The Labute approximate surface area is 180 Å². The summed E-state index contributed by atoms with van der Waals surface area (Å²) in [5.74, 6) is 2.36. The van der Waals surface area contributed by atoms with Crippen LogP contribution >= 0.6 is 24.0 Å². The molecule has 0 amide bonds. The molecule has 3 atom stereocenters. The van der Waals surface area contributed by atoms with Gasteiger partial charge in [-0.25, -0.2) is 0 Å². The lowest BCUT2D eigenvalue weighted by molar-refractivity contribution is 0.213. The molecule has 2 aliphatic rings. The molecule has 7 heteroatoms. The molecule has 3 rings (SSSR count). The molecule has 6 nitrogen and oxygen atoms in total. The van der Waals surface area contributed by atoms with Crippen molar-refractivity contribution in [1.29, 1.82) is 0 Å². The lowest BCUT2D eigenvalue weighted by Gasteiger charge is -2.21. The van der Waals surface area contributed by atoms with E-state index in [2.05, 4.69) is 27.4 Å². The van der Waals surface area contributed by atoms with Crippen LogP contribution in [0.4, 0.5) is 0 Å². The fraction of sp³-hybridized carbons (Fsp3) is 0.650. The van der Waals surface area contributed by atoms with Gasteiger partial charge in [-0.05, 0) is 45.2 Å². The van der Waals surface area contributed by atoms with Crippen molar-refractivity contribution in [2.45, 2.75) is 57.3 Å². The highest BCUT2D eigenvalue weighted by molar-refractivity contribution is 14.0. The highest BCUT2D eigenvalue weighted by atomic mass is 127. The Morgan fingerprint density at radius 2 is 2.00 bits per heavy atom. The molecule has 0 aromatic heterocycles. The number of benzene rings is 1. The van der Waals surface area contributed by atoms with Crippen LogP contribution in [0.25, 0.3) is 0 Å². The predicted molar refractivity (Wildman–Crippen MR) is 121 cm³/mol. The van der Waals surface area contributed by atoms with Crippen LogP contribution in [-0.2, 0) is 0 Å². The number of methoxy groups -OCH3 is 1. The molecule has 0 spiro atoms. The van der Waals surface area contributed by atoms with Gasteiger partial charge in [-0.1, -0.05) is 12.1 Å². The van der Waals surface area contributed by atoms with Crippen molar-refractivity contribution in [2.75, 3.05) is 27.2 Å². The fourth-order valence-electron chi connectivity index (χ4n) is 3.68. The van der Waals surface area contributed by atoms with Crippen molar-refractivity contribution in [3.63, 3.8) is 0 Å². The van der Waals surface area contributed by atoms with E-state index in [0.29, 0.717) is 18.6 Å². The van der Waals surface area contributed by atoms with Gasteiger partial charge in [-0.2, -0.15) is 0 Å². The zero-order valence-corrected chi connectivity index (χ0v) is 19.1. The second kappa shape index (κ2) is 10.4. The van der Waals surface area contributed by atoms with Crippen LogP contribution in [0.1, 0.15) is 33.1 Å². The molecule has 1 aliphatic heterocycles. The summed E-state index contributed by atoms with van der Waals surface area (Å²) < 4.78 is 11.3. The molecule has 0 radical (unpaired) electrons. The summed E-state index contributed by atoms with van der Waals surface area (Å²) in [6.07, 6.45) is 3.89. The number of rotatable bonds is 7. The molecular weight excluding hydrogens is 455 g/mol. The van der Waals surface area contributed by atoms with E-state index >= 15 is 0 Å². The third-order valence-electron chi connectivity index (χ3n) is 5.16. The molecule has 1 aromatic carbocycles. The monoisotopic (exact) mass is 488 g/mol. The number of guanidine groups is 1. The Bertz CT molecular complexity index is 624. The van der Waals surface area contributed by atoms with E-state index in [4.69, 9.17) is 9.47 Å². The number of nitrogens with one attached hydrogen (secondary N) is 2. The standard InChI is InChI=1S/C20H32N4O2.HI/c1-14-11-16(13-24(14)17-9-10-17)23-20(21-3)22-12-15(2)26-19-8-6-5-7-18(19)25-4;/h5-8,14-17H,9-13H2,1-4H3,(H2,21,22,23);1H. The van der Waals surface area contributed by atoms with Gasteiger partial charge >= 0.3 is 0 Å². The highest BCUT2D eigenvalue weighted by Crippen LogP contribution is 2.33. The van der Waals surface area contributed by atoms with E-state index in [1.54, 1.807) is 7.11 Å². The number of hydrogen-bond donors (Lipinski definition) is 2. The van der Waals surface area contributed by atoms with Crippen LogP contribution in [0.15, 0.2) is 29.3 Å². The van der Waals surface area contributed by atoms with Crippen molar-refractivity contribution < 1.29 is 9.47 Å². The van der Waals surface area contributed by atoms with Crippen molar-refractivity contribution in [3.05, 3.63) is 24.3 Å². The summed E-state index contributed by atoms with van der Waals surface area (Å²) >= 11 is 0. The van der Waals surface area contributed by atoms with Crippen molar-refractivity contribution in [2.24, 2.45) is 4.99 Å². The molecule has 1 saturated heterocycles. The van der Waals surface area contributed by atoms with Gasteiger partial charge in [0.1, 0.15) is 6.10 Å². The smallest absolute Gasteiger partial charge is 0.191 e. The number of likely N-dealkylation sites (tertiary alicyclic amines) is 1. The minimum atomic E-state index is -0.00434. The van der Waals surface area contributed by atoms with Gasteiger partial charge in [0.15, 0.2) is 17.5 Å². The number of halogens is 1. The van der Waals surface area contributed by atoms with Gasteiger partial charge in [0.05, 0.1) is 13.7 Å². The first kappa shape index (κ1) is 22.1. The van der Waals surface area contributed by atoms with Crippen LogP contribution < -0.4 is 20.1 Å². The first-order valence-corrected chi connectivity index (χ1v) is 9.63. The van der Waals surface area contributed by atoms with E-state index in [1.165, 1.54) is 19.3 Å². The molecular formula is C20H33IN4O2. The molecule has 2 fully saturated rings.